The molecule has 0 radical (unpaired) electrons. The third kappa shape index (κ3) is 3.22. The van der Waals surface area contributed by atoms with Gasteiger partial charge in [0.25, 0.3) is 5.91 Å². The highest BCUT2D eigenvalue weighted by Gasteiger charge is 2.40. The number of benzene rings is 2. The van der Waals surface area contributed by atoms with E-state index in [9.17, 15) is 9.59 Å². The summed E-state index contributed by atoms with van der Waals surface area (Å²) in [6, 6.07) is 10.4. The summed E-state index contributed by atoms with van der Waals surface area (Å²) in [4.78, 5) is 26.5. The molecule has 0 saturated carbocycles. The molecular weight excluding hydrogens is 332 g/mol. The largest absolute Gasteiger partial charge is 0.493 e. The van der Waals surface area contributed by atoms with Gasteiger partial charge in [0, 0.05) is 11.8 Å². The molecule has 1 N–H and O–H groups in total. The molecule has 1 aliphatic heterocycles. The molecule has 2 amide bonds. The van der Waals surface area contributed by atoms with E-state index in [0.29, 0.717) is 17.2 Å². The molecule has 3 rings (SSSR count). The van der Waals surface area contributed by atoms with Crippen LogP contribution in [0.4, 0.5) is 11.4 Å². The maximum absolute atomic E-state index is 12.8. The number of hydrogen-bond acceptors (Lipinski definition) is 5. The molecule has 2 aromatic rings. The van der Waals surface area contributed by atoms with E-state index in [1.807, 2.05) is 32.0 Å². The number of anilines is 2. The van der Waals surface area contributed by atoms with Crippen LogP contribution in [0.5, 0.6) is 11.5 Å². The van der Waals surface area contributed by atoms with Gasteiger partial charge in [-0.3, -0.25) is 9.59 Å². The van der Waals surface area contributed by atoms with Crippen molar-refractivity contribution in [2.45, 2.75) is 26.3 Å². The third-order valence-electron chi connectivity index (χ3n) is 4.49. The molecule has 1 fully saturated rings. The van der Waals surface area contributed by atoms with Crippen LogP contribution in [0.15, 0.2) is 36.4 Å². The Morgan fingerprint density at radius 2 is 1.73 bits per heavy atom. The average molecular weight is 354 g/mol. The molecule has 1 aliphatic rings. The Labute approximate surface area is 152 Å². The topological polar surface area (TPSA) is 67.9 Å². The lowest BCUT2D eigenvalue weighted by Gasteiger charge is -2.18. The standard InChI is InChI=1S/C20H22N2O4/c1-12-5-6-13(2)15(9-12)21-16-11-19(23)22(20(16)24)14-7-8-17(25-3)18(10-14)26-4/h5-10,16,21H,11H2,1-4H3/t16-/m1/s1. The number of carbonyl (C=O) groups is 2. The van der Waals surface area contributed by atoms with Crippen LogP contribution < -0.4 is 19.7 Å². The summed E-state index contributed by atoms with van der Waals surface area (Å²) in [5.74, 6) is 0.491. The predicted octanol–water partition coefficient (Wildman–Crippen LogP) is 3.06. The van der Waals surface area contributed by atoms with Crippen molar-refractivity contribution in [3.05, 3.63) is 47.5 Å². The molecule has 6 heteroatoms. The van der Waals surface area contributed by atoms with Crippen molar-refractivity contribution < 1.29 is 19.1 Å². The number of hydrogen-bond donors (Lipinski definition) is 1. The number of carbonyl (C=O) groups excluding carboxylic acids is 2. The number of ether oxygens (including phenoxy) is 2. The third-order valence-corrected chi connectivity index (χ3v) is 4.49. The number of nitrogens with zero attached hydrogens (tertiary/aromatic N) is 1. The fourth-order valence-corrected chi connectivity index (χ4v) is 3.06. The van der Waals surface area contributed by atoms with Crippen LogP contribution in [0, 0.1) is 13.8 Å². The van der Waals surface area contributed by atoms with E-state index in [-0.39, 0.29) is 18.2 Å². The number of aryl methyl sites for hydroxylation is 2. The lowest BCUT2D eigenvalue weighted by Crippen LogP contribution is -2.35. The van der Waals surface area contributed by atoms with Gasteiger partial charge >= 0.3 is 0 Å². The van der Waals surface area contributed by atoms with Gasteiger partial charge in [-0.2, -0.15) is 0 Å². The van der Waals surface area contributed by atoms with Crippen molar-refractivity contribution >= 4 is 23.2 Å². The first-order valence-electron chi connectivity index (χ1n) is 8.37. The molecule has 0 unspecified atom stereocenters. The van der Waals surface area contributed by atoms with E-state index >= 15 is 0 Å². The molecule has 26 heavy (non-hydrogen) atoms. The van der Waals surface area contributed by atoms with E-state index in [0.717, 1.165) is 16.8 Å². The highest BCUT2D eigenvalue weighted by atomic mass is 16.5. The smallest absolute Gasteiger partial charge is 0.256 e. The fraction of sp³-hybridized carbons (Fsp3) is 0.300. The van der Waals surface area contributed by atoms with Crippen molar-refractivity contribution in [2.75, 3.05) is 24.4 Å². The summed E-state index contributed by atoms with van der Waals surface area (Å²) < 4.78 is 10.5. The summed E-state index contributed by atoms with van der Waals surface area (Å²) in [7, 11) is 3.05. The first-order valence-corrected chi connectivity index (χ1v) is 8.37. The lowest BCUT2D eigenvalue weighted by molar-refractivity contribution is -0.121. The van der Waals surface area contributed by atoms with Crippen LogP contribution in [-0.2, 0) is 9.59 Å². The Kier molecular flexibility index (Phi) is 4.84. The van der Waals surface area contributed by atoms with Crippen molar-refractivity contribution in [1.82, 2.24) is 0 Å². The van der Waals surface area contributed by atoms with Gasteiger partial charge < -0.3 is 14.8 Å². The van der Waals surface area contributed by atoms with Gasteiger partial charge in [-0.1, -0.05) is 12.1 Å². The second-order valence-electron chi connectivity index (χ2n) is 6.33. The van der Waals surface area contributed by atoms with E-state index in [1.165, 1.54) is 19.1 Å². The minimum atomic E-state index is -0.587. The van der Waals surface area contributed by atoms with Crippen molar-refractivity contribution in [3.63, 3.8) is 0 Å². The number of methoxy groups -OCH3 is 2. The number of amides is 2. The van der Waals surface area contributed by atoms with Gasteiger partial charge in [-0.05, 0) is 43.2 Å². The highest BCUT2D eigenvalue weighted by molar-refractivity contribution is 6.23. The van der Waals surface area contributed by atoms with Crippen LogP contribution in [-0.4, -0.2) is 32.1 Å². The zero-order valence-corrected chi connectivity index (χ0v) is 15.3. The first kappa shape index (κ1) is 17.8. The number of imide groups is 1. The number of nitrogens with one attached hydrogen (secondary N) is 1. The second kappa shape index (κ2) is 7.07. The summed E-state index contributed by atoms with van der Waals surface area (Å²) in [6.07, 6.45) is 0.112. The summed E-state index contributed by atoms with van der Waals surface area (Å²) in [6.45, 7) is 3.96. The van der Waals surface area contributed by atoms with Gasteiger partial charge in [0.05, 0.1) is 26.3 Å². The molecule has 0 aromatic heterocycles. The Morgan fingerprint density at radius 3 is 2.42 bits per heavy atom. The minimum absolute atomic E-state index is 0.112. The molecule has 0 aliphatic carbocycles. The van der Waals surface area contributed by atoms with E-state index < -0.39 is 6.04 Å². The molecule has 6 nitrogen and oxygen atoms in total. The van der Waals surface area contributed by atoms with Crippen LogP contribution >= 0.6 is 0 Å². The molecule has 136 valence electrons. The lowest BCUT2D eigenvalue weighted by atomic mass is 10.1. The molecule has 2 aromatic carbocycles. The second-order valence-corrected chi connectivity index (χ2v) is 6.33. The zero-order chi connectivity index (χ0) is 18.8. The van der Waals surface area contributed by atoms with Crippen LogP contribution in [0.3, 0.4) is 0 Å². The molecule has 1 atom stereocenters. The average Bonchev–Trinajstić information content (AvgIpc) is 2.91. The normalized spacial score (nSPS) is 16.8. The van der Waals surface area contributed by atoms with Crippen LogP contribution in [0.1, 0.15) is 17.5 Å². The van der Waals surface area contributed by atoms with Crippen LogP contribution in [0.2, 0.25) is 0 Å². The Balaban J connectivity index is 1.86. The van der Waals surface area contributed by atoms with Gasteiger partial charge in [-0.25, -0.2) is 4.90 Å². The van der Waals surface area contributed by atoms with Crippen molar-refractivity contribution in [3.8, 4) is 11.5 Å². The van der Waals surface area contributed by atoms with E-state index in [1.54, 1.807) is 18.2 Å². The highest BCUT2D eigenvalue weighted by Crippen LogP contribution is 2.34. The molecule has 1 heterocycles. The predicted molar refractivity (Wildman–Crippen MR) is 100.0 cm³/mol. The zero-order valence-electron chi connectivity index (χ0n) is 15.3. The van der Waals surface area contributed by atoms with Crippen molar-refractivity contribution in [1.29, 1.82) is 0 Å². The Bertz CT molecular complexity index is 863. The number of rotatable bonds is 5. The summed E-state index contributed by atoms with van der Waals surface area (Å²) in [5.41, 5.74) is 3.46. The monoisotopic (exact) mass is 354 g/mol. The Morgan fingerprint density at radius 1 is 1.00 bits per heavy atom. The quantitative estimate of drug-likeness (QED) is 0.836. The first-order chi connectivity index (χ1) is 12.4. The van der Waals surface area contributed by atoms with E-state index in [2.05, 4.69) is 5.32 Å². The van der Waals surface area contributed by atoms with Gasteiger partial charge in [0.1, 0.15) is 6.04 Å². The molecule has 0 spiro atoms. The summed E-state index contributed by atoms with van der Waals surface area (Å²) >= 11 is 0. The van der Waals surface area contributed by atoms with Gasteiger partial charge in [0.15, 0.2) is 11.5 Å². The Hall–Kier alpha value is -3.02. The van der Waals surface area contributed by atoms with Gasteiger partial charge in [0.2, 0.25) is 5.91 Å². The fourth-order valence-electron chi connectivity index (χ4n) is 3.06. The molecular formula is C20H22N2O4. The van der Waals surface area contributed by atoms with Crippen LogP contribution in [0.25, 0.3) is 0 Å². The minimum Gasteiger partial charge on any atom is -0.493 e. The molecule has 0 bridgehead atoms. The maximum atomic E-state index is 12.8. The maximum Gasteiger partial charge on any atom is 0.256 e. The van der Waals surface area contributed by atoms with Gasteiger partial charge in [-0.15, -0.1) is 0 Å². The SMILES string of the molecule is COc1ccc(N2C(=O)C[C@@H](Nc3cc(C)ccc3C)C2=O)cc1OC. The summed E-state index contributed by atoms with van der Waals surface area (Å²) in [5, 5.41) is 3.21. The molecule has 1 saturated heterocycles. The van der Waals surface area contributed by atoms with E-state index in [4.69, 9.17) is 9.47 Å². The van der Waals surface area contributed by atoms with Crippen molar-refractivity contribution in [2.24, 2.45) is 0 Å².